The lowest BCUT2D eigenvalue weighted by molar-refractivity contribution is 1.08. The molecule has 78 valence electrons. The molecule has 15 heavy (non-hydrogen) atoms. The average molecular weight is 330 g/mol. The predicted molar refractivity (Wildman–Crippen MR) is 73.1 cm³/mol. The molecule has 3 rings (SSSR count). The first-order valence-corrected chi connectivity index (χ1v) is 4.33. The van der Waals surface area contributed by atoms with Crippen molar-refractivity contribution < 1.29 is 0 Å². The average Bonchev–Trinajstić information content (AvgIpc) is 2.61. The van der Waals surface area contributed by atoms with E-state index in [0.717, 1.165) is 17.8 Å². The molecule has 4 heteroatoms. The van der Waals surface area contributed by atoms with E-state index in [1.807, 2.05) is 24.6 Å². The van der Waals surface area contributed by atoms with Gasteiger partial charge in [-0.3, -0.25) is 9.98 Å². The van der Waals surface area contributed by atoms with Crippen LogP contribution >= 0.6 is 34.0 Å². The minimum Gasteiger partial charge on any atom is -0.257 e. The summed E-state index contributed by atoms with van der Waals surface area (Å²) in [7, 11) is 0. The molecule has 0 N–H and O–H groups in total. The van der Waals surface area contributed by atoms with E-state index in [4.69, 9.17) is 0 Å². The van der Waals surface area contributed by atoms with Gasteiger partial charge >= 0.3 is 0 Å². The fourth-order valence-corrected chi connectivity index (χ4v) is 1.72. The molecule has 0 radical (unpaired) electrons. The van der Waals surface area contributed by atoms with Gasteiger partial charge in [-0.15, -0.1) is 34.0 Å². The number of fused-ring (bicyclic) bond motifs is 2. The number of aromatic nitrogens is 1. The number of pyridine rings is 1. The number of rotatable bonds is 0. The first kappa shape index (κ1) is 12.3. The Morgan fingerprint density at radius 1 is 1.20 bits per heavy atom. The molecule has 1 aliphatic heterocycles. The molecule has 0 bridgehead atoms. The van der Waals surface area contributed by atoms with E-state index < -0.39 is 0 Å². The third-order valence-electron chi connectivity index (χ3n) is 2.40. The molecule has 2 aliphatic rings. The molecule has 0 unspecified atom stereocenters. The molecule has 0 saturated heterocycles. The Morgan fingerprint density at radius 2 is 2.07 bits per heavy atom. The summed E-state index contributed by atoms with van der Waals surface area (Å²) in [4.78, 5) is 8.56. The van der Waals surface area contributed by atoms with E-state index in [1.165, 1.54) is 11.1 Å². The van der Waals surface area contributed by atoms with Crippen molar-refractivity contribution in [2.45, 2.75) is 6.42 Å². The van der Waals surface area contributed by atoms with Crippen molar-refractivity contribution in [1.29, 1.82) is 0 Å². The van der Waals surface area contributed by atoms with Crippen LogP contribution < -0.4 is 0 Å². The van der Waals surface area contributed by atoms with Gasteiger partial charge in [0.15, 0.2) is 0 Å². The smallest absolute Gasteiger partial charge is 0.0687 e. The molecule has 0 amide bonds. The van der Waals surface area contributed by atoms with Gasteiger partial charge in [-0.25, -0.2) is 0 Å². The SMILES string of the molecule is Br.Br.C1=NC2=Cc3ncccc3CC2=C1. The van der Waals surface area contributed by atoms with Crippen molar-refractivity contribution in [3.05, 3.63) is 46.9 Å². The summed E-state index contributed by atoms with van der Waals surface area (Å²) in [6, 6.07) is 4.10. The summed E-state index contributed by atoms with van der Waals surface area (Å²) in [5, 5.41) is 0. The van der Waals surface area contributed by atoms with Crippen molar-refractivity contribution in [3.8, 4) is 0 Å². The van der Waals surface area contributed by atoms with Gasteiger partial charge in [0.05, 0.1) is 11.4 Å². The third kappa shape index (κ3) is 2.11. The first-order chi connectivity index (χ1) is 6.43. The van der Waals surface area contributed by atoms with Crippen LogP contribution in [0.4, 0.5) is 0 Å². The highest BCUT2D eigenvalue weighted by atomic mass is 79.9. The second-order valence-electron chi connectivity index (χ2n) is 3.22. The molecule has 0 saturated carbocycles. The summed E-state index contributed by atoms with van der Waals surface area (Å²) < 4.78 is 0. The summed E-state index contributed by atoms with van der Waals surface area (Å²) in [6.45, 7) is 0. The number of allylic oxidation sites excluding steroid dienone is 2. The van der Waals surface area contributed by atoms with Crippen molar-refractivity contribution in [2.75, 3.05) is 0 Å². The third-order valence-corrected chi connectivity index (χ3v) is 2.40. The van der Waals surface area contributed by atoms with E-state index in [-0.39, 0.29) is 34.0 Å². The highest BCUT2D eigenvalue weighted by molar-refractivity contribution is 8.93. The Morgan fingerprint density at radius 3 is 2.93 bits per heavy atom. The minimum atomic E-state index is 0. The molecule has 0 fully saturated rings. The molecule has 1 aliphatic carbocycles. The van der Waals surface area contributed by atoms with Gasteiger partial charge < -0.3 is 0 Å². The van der Waals surface area contributed by atoms with Gasteiger partial charge in [-0.1, -0.05) is 6.07 Å². The number of hydrogen-bond donors (Lipinski definition) is 0. The van der Waals surface area contributed by atoms with E-state index in [1.54, 1.807) is 0 Å². The Hall–Kier alpha value is -0.740. The Bertz CT molecular complexity index is 461. The quantitative estimate of drug-likeness (QED) is 0.717. The van der Waals surface area contributed by atoms with Crippen LogP contribution in [0.25, 0.3) is 6.08 Å². The summed E-state index contributed by atoms with van der Waals surface area (Å²) in [6.07, 6.45) is 8.77. The predicted octanol–water partition coefficient (Wildman–Crippen LogP) is 3.15. The van der Waals surface area contributed by atoms with Crippen LogP contribution in [0.15, 0.2) is 40.7 Å². The van der Waals surface area contributed by atoms with Gasteiger partial charge in [0.2, 0.25) is 0 Å². The molecule has 1 aromatic heterocycles. The van der Waals surface area contributed by atoms with E-state index in [0.29, 0.717) is 0 Å². The fourth-order valence-electron chi connectivity index (χ4n) is 1.72. The fraction of sp³-hybridized carbons (Fsp3) is 0.0909. The molecule has 0 atom stereocenters. The zero-order valence-electron chi connectivity index (χ0n) is 7.88. The van der Waals surface area contributed by atoms with E-state index >= 15 is 0 Å². The summed E-state index contributed by atoms with van der Waals surface area (Å²) in [5.74, 6) is 0. The number of halogens is 2. The van der Waals surface area contributed by atoms with Crippen LogP contribution in [-0.4, -0.2) is 11.2 Å². The lowest BCUT2D eigenvalue weighted by atomic mass is 9.96. The number of aliphatic imine (C=N–C) groups is 1. The molecular formula is C11H10Br2N2. The lowest BCUT2D eigenvalue weighted by Crippen LogP contribution is -2.01. The zero-order chi connectivity index (χ0) is 8.67. The van der Waals surface area contributed by atoms with E-state index in [2.05, 4.69) is 22.1 Å². The lowest BCUT2D eigenvalue weighted by Gasteiger charge is -2.12. The second-order valence-corrected chi connectivity index (χ2v) is 3.22. The minimum absolute atomic E-state index is 0. The van der Waals surface area contributed by atoms with E-state index in [9.17, 15) is 0 Å². The molecule has 2 nitrogen and oxygen atoms in total. The van der Waals surface area contributed by atoms with Crippen LogP contribution in [0.3, 0.4) is 0 Å². The second kappa shape index (κ2) is 4.86. The Kier molecular flexibility index (Phi) is 3.99. The van der Waals surface area contributed by atoms with Crippen molar-refractivity contribution in [1.82, 2.24) is 4.98 Å². The van der Waals surface area contributed by atoms with Gasteiger partial charge in [0.25, 0.3) is 0 Å². The van der Waals surface area contributed by atoms with Gasteiger partial charge in [-0.2, -0.15) is 0 Å². The maximum Gasteiger partial charge on any atom is 0.0687 e. The molecule has 2 heterocycles. The maximum atomic E-state index is 4.30. The summed E-state index contributed by atoms with van der Waals surface area (Å²) in [5.41, 5.74) is 4.74. The summed E-state index contributed by atoms with van der Waals surface area (Å²) >= 11 is 0. The van der Waals surface area contributed by atoms with Crippen LogP contribution in [0, 0.1) is 0 Å². The van der Waals surface area contributed by atoms with Gasteiger partial charge in [0.1, 0.15) is 0 Å². The molecule has 0 aromatic carbocycles. The Balaban J connectivity index is 0.000000562. The van der Waals surface area contributed by atoms with Crippen LogP contribution in [0.2, 0.25) is 0 Å². The van der Waals surface area contributed by atoms with Crippen LogP contribution in [0.5, 0.6) is 0 Å². The molecule has 1 aromatic rings. The van der Waals surface area contributed by atoms with Gasteiger partial charge in [-0.05, 0) is 29.4 Å². The van der Waals surface area contributed by atoms with Crippen molar-refractivity contribution in [2.24, 2.45) is 4.99 Å². The van der Waals surface area contributed by atoms with Gasteiger partial charge in [0, 0.05) is 18.8 Å². The number of nitrogens with zero attached hydrogens (tertiary/aromatic N) is 2. The molecule has 0 spiro atoms. The normalized spacial score (nSPS) is 15.2. The highest BCUT2D eigenvalue weighted by Crippen LogP contribution is 2.29. The monoisotopic (exact) mass is 328 g/mol. The topological polar surface area (TPSA) is 25.2 Å². The highest BCUT2D eigenvalue weighted by Gasteiger charge is 2.16. The van der Waals surface area contributed by atoms with Crippen LogP contribution in [0.1, 0.15) is 11.3 Å². The van der Waals surface area contributed by atoms with Crippen molar-refractivity contribution >= 4 is 46.3 Å². The zero-order valence-corrected chi connectivity index (χ0v) is 11.3. The first-order valence-electron chi connectivity index (χ1n) is 4.33. The maximum absolute atomic E-state index is 4.30. The van der Waals surface area contributed by atoms with Crippen LogP contribution in [-0.2, 0) is 6.42 Å². The number of hydrogen-bond acceptors (Lipinski definition) is 2. The molecular weight excluding hydrogens is 320 g/mol. The van der Waals surface area contributed by atoms with Crippen molar-refractivity contribution in [3.63, 3.8) is 0 Å². The largest absolute Gasteiger partial charge is 0.257 e. The Labute approximate surface area is 109 Å². The standard InChI is InChI=1S/C11H8N2.2BrH/c1-2-8-6-9-3-5-13-11(9)7-10(8)12-4-1;;/h1-5,7H,6H2;2*1H.